The van der Waals surface area contributed by atoms with Crippen LogP contribution < -0.4 is 5.73 Å². The second kappa shape index (κ2) is 4.05. The van der Waals surface area contributed by atoms with Gasteiger partial charge in [-0.25, -0.2) is 19.5 Å². The molecule has 2 heterocycles. The van der Waals surface area contributed by atoms with Gasteiger partial charge in [-0.1, -0.05) is 0 Å². The van der Waals surface area contributed by atoms with E-state index in [0.717, 1.165) is 9.91 Å². The summed E-state index contributed by atoms with van der Waals surface area (Å²) in [6.07, 6.45) is 2.91. The van der Waals surface area contributed by atoms with Gasteiger partial charge in [0.25, 0.3) is 0 Å². The molecule has 4 amide bonds. The topological polar surface area (TPSA) is 92.1 Å². The molecule has 1 aliphatic rings. The normalized spacial score (nSPS) is 16.4. The molecule has 7 heteroatoms. The maximum absolute atomic E-state index is 11.5. The van der Waals surface area contributed by atoms with Gasteiger partial charge in [0.2, 0.25) is 0 Å². The van der Waals surface area contributed by atoms with Crippen LogP contribution in [-0.2, 0) is 0 Å². The molecule has 0 aliphatic carbocycles. The average molecular weight is 222 g/mol. The summed E-state index contributed by atoms with van der Waals surface area (Å²) in [7, 11) is 0. The van der Waals surface area contributed by atoms with Gasteiger partial charge in [-0.2, -0.15) is 5.10 Å². The van der Waals surface area contributed by atoms with Crippen molar-refractivity contribution in [2.45, 2.75) is 0 Å². The maximum Gasteiger partial charge on any atom is 0.348 e. The minimum atomic E-state index is -0.763. The smallest absolute Gasteiger partial charge is 0.348 e. The molecule has 2 N–H and O–H groups in total. The average Bonchev–Trinajstić information content (AvgIpc) is 2.84. The van der Waals surface area contributed by atoms with E-state index in [0.29, 0.717) is 12.3 Å². The van der Waals surface area contributed by atoms with Crippen molar-refractivity contribution < 1.29 is 14.0 Å². The van der Waals surface area contributed by atoms with Crippen molar-refractivity contribution in [2.75, 3.05) is 13.1 Å². The fraction of sp³-hybridized carbons (Fsp3) is 0.222. The Kier molecular flexibility index (Phi) is 2.59. The SMILES string of the molecule is NC(=O)N1CCN(N=Cc2ccco2)C1=O. The van der Waals surface area contributed by atoms with Crippen LogP contribution in [0, 0.1) is 0 Å². The van der Waals surface area contributed by atoms with E-state index in [9.17, 15) is 9.59 Å². The third-order valence-corrected chi connectivity index (χ3v) is 2.12. The molecule has 0 saturated carbocycles. The lowest BCUT2D eigenvalue weighted by molar-refractivity contribution is 0.190. The Hall–Kier alpha value is -2.31. The maximum atomic E-state index is 11.5. The van der Waals surface area contributed by atoms with Crippen molar-refractivity contribution >= 4 is 18.3 Å². The zero-order chi connectivity index (χ0) is 11.5. The summed E-state index contributed by atoms with van der Waals surface area (Å²) in [5, 5.41) is 5.05. The summed E-state index contributed by atoms with van der Waals surface area (Å²) in [4.78, 5) is 23.3. The van der Waals surface area contributed by atoms with Crippen molar-refractivity contribution in [3.05, 3.63) is 24.2 Å². The van der Waals surface area contributed by atoms with Crippen LogP contribution in [0.1, 0.15) is 5.76 Å². The Morgan fingerprint density at radius 3 is 2.94 bits per heavy atom. The lowest BCUT2D eigenvalue weighted by Crippen LogP contribution is -2.38. The molecule has 1 fully saturated rings. The van der Waals surface area contributed by atoms with E-state index in [4.69, 9.17) is 10.2 Å². The zero-order valence-corrected chi connectivity index (χ0v) is 8.37. The second-order valence-corrected chi connectivity index (χ2v) is 3.16. The largest absolute Gasteiger partial charge is 0.463 e. The van der Waals surface area contributed by atoms with E-state index in [-0.39, 0.29) is 6.54 Å². The number of primary amides is 1. The first-order valence-corrected chi connectivity index (χ1v) is 4.64. The van der Waals surface area contributed by atoms with E-state index in [1.54, 1.807) is 12.1 Å². The number of hydrazone groups is 1. The van der Waals surface area contributed by atoms with Gasteiger partial charge in [-0.15, -0.1) is 0 Å². The Balaban J connectivity index is 2.03. The van der Waals surface area contributed by atoms with E-state index in [1.807, 2.05) is 0 Å². The highest BCUT2D eigenvalue weighted by Crippen LogP contribution is 2.08. The fourth-order valence-corrected chi connectivity index (χ4v) is 1.33. The van der Waals surface area contributed by atoms with Crippen molar-refractivity contribution in [1.29, 1.82) is 0 Å². The molecule has 0 atom stereocenters. The highest BCUT2D eigenvalue weighted by molar-refractivity contribution is 5.94. The molecule has 0 radical (unpaired) electrons. The first kappa shape index (κ1) is 10.2. The first-order valence-electron chi connectivity index (χ1n) is 4.64. The molecule has 2 rings (SSSR count). The summed E-state index contributed by atoms with van der Waals surface area (Å²) in [5.74, 6) is 0.533. The van der Waals surface area contributed by atoms with E-state index < -0.39 is 12.1 Å². The summed E-state index contributed by atoms with van der Waals surface area (Å²) in [6, 6.07) is 2.13. The van der Waals surface area contributed by atoms with Crippen LogP contribution in [0.4, 0.5) is 9.59 Å². The molecule has 0 bridgehead atoms. The van der Waals surface area contributed by atoms with Crippen molar-refractivity contribution in [1.82, 2.24) is 9.91 Å². The molecular weight excluding hydrogens is 212 g/mol. The molecule has 0 spiro atoms. The lowest BCUT2D eigenvalue weighted by atomic mass is 10.5. The van der Waals surface area contributed by atoms with Crippen LogP contribution in [0.3, 0.4) is 0 Å². The van der Waals surface area contributed by atoms with Crippen LogP contribution >= 0.6 is 0 Å². The van der Waals surface area contributed by atoms with Crippen molar-refractivity contribution in [2.24, 2.45) is 10.8 Å². The third kappa shape index (κ3) is 1.88. The van der Waals surface area contributed by atoms with Gasteiger partial charge in [0, 0.05) is 0 Å². The summed E-state index contributed by atoms with van der Waals surface area (Å²) in [6.45, 7) is 0.586. The summed E-state index contributed by atoms with van der Waals surface area (Å²) < 4.78 is 5.01. The first-order chi connectivity index (χ1) is 7.68. The lowest BCUT2D eigenvalue weighted by Gasteiger charge is -2.10. The number of rotatable bonds is 2. The number of furan rings is 1. The van der Waals surface area contributed by atoms with Gasteiger partial charge >= 0.3 is 12.1 Å². The third-order valence-electron chi connectivity index (χ3n) is 2.12. The minimum Gasteiger partial charge on any atom is -0.463 e. The summed E-state index contributed by atoms with van der Waals surface area (Å²) in [5.41, 5.74) is 5.01. The molecule has 16 heavy (non-hydrogen) atoms. The van der Waals surface area contributed by atoms with E-state index >= 15 is 0 Å². The quantitative estimate of drug-likeness (QED) is 0.735. The van der Waals surface area contributed by atoms with Crippen LogP contribution in [0.25, 0.3) is 0 Å². The minimum absolute atomic E-state index is 0.254. The highest BCUT2D eigenvalue weighted by atomic mass is 16.3. The van der Waals surface area contributed by atoms with Crippen molar-refractivity contribution in [3.8, 4) is 0 Å². The van der Waals surface area contributed by atoms with E-state index in [2.05, 4.69) is 5.10 Å². The fourth-order valence-electron chi connectivity index (χ4n) is 1.33. The molecule has 84 valence electrons. The van der Waals surface area contributed by atoms with Crippen molar-refractivity contribution in [3.63, 3.8) is 0 Å². The molecule has 1 aromatic rings. The zero-order valence-electron chi connectivity index (χ0n) is 8.37. The number of hydrogen-bond acceptors (Lipinski definition) is 4. The molecule has 0 aromatic carbocycles. The highest BCUT2D eigenvalue weighted by Gasteiger charge is 2.31. The summed E-state index contributed by atoms with van der Waals surface area (Å²) >= 11 is 0. The number of nitrogens with zero attached hydrogens (tertiary/aromatic N) is 3. The number of hydrogen-bond donors (Lipinski definition) is 1. The predicted molar refractivity (Wildman–Crippen MR) is 54.7 cm³/mol. The van der Waals surface area contributed by atoms with Gasteiger partial charge in [0.05, 0.1) is 25.6 Å². The number of nitrogens with two attached hydrogens (primary N) is 1. The number of carbonyl (C=O) groups is 2. The Labute approximate surface area is 91.1 Å². The monoisotopic (exact) mass is 222 g/mol. The standard InChI is InChI=1S/C9H10N4O3/c10-8(14)12-3-4-13(9(12)15)11-6-7-2-1-5-16-7/h1-2,5-6H,3-4H2,(H2,10,14). The molecule has 7 nitrogen and oxygen atoms in total. The molecule has 1 aromatic heterocycles. The second-order valence-electron chi connectivity index (χ2n) is 3.16. The Bertz CT molecular complexity index is 426. The van der Waals surface area contributed by atoms with E-state index in [1.165, 1.54) is 12.5 Å². The van der Waals surface area contributed by atoms with Gasteiger partial charge < -0.3 is 10.2 Å². The molecule has 1 aliphatic heterocycles. The number of amides is 4. The molecule has 0 unspecified atom stereocenters. The molecular formula is C9H10N4O3. The van der Waals surface area contributed by atoms with Crippen LogP contribution in [0.5, 0.6) is 0 Å². The van der Waals surface area contributed by atoms with Crippen LogP contribution in [-0.4, -0.2) is 41.3 Å². The Morgan fingerprint density at radius 1 is 1.56 bits per heavy atom. The van der Waals surface area contributed by atoms with Crippen LogP contribution in [0.2, 0.25) is 0 Å². The van der Waals surface area contributed by atoms with Gasteiger partial charge in [-0.3, -0.25) is 0 Å². The Morgan fingerprint density at radius 2 is 2.38 bits per heavy atom. The number of carbonyl (C=O) groups excluding carboxylic acids is 2. The predicted octanol–water partition coefficient (Wildman–Crippen LogP) is 0.430. The van der Waals surface area contributed by atoms with Crippen LogP contribution in [0.15, 0.2) is 27.9 Å². The molecule has 1 saturated heterocycles. The van der Waals surface area contributed by atoms with Gasteiger partial charge in [0.15, 0.2) is 0 Å². The van der Waals surface area contributed by atoms with Gasteiger partial charge in [0.1, 0.15) is 5.76 Å². The number of imide groups is 1. The van der Waals surface area contributed by atoms with Gasteiger partial charge in [-0.05, 0) is 12.1 Å². The number of urea groups is 2.